The van der Waals surface area contributed by atoms with Crippen molar-refractivity contribution in [1.29, 1.82) is 0 Å². The zero-order chi connectivity index (χ0) is 12.3. The van der Waals surface area contributed by atoms with Crippen molar-refractivity contribution < 1.29 is 9.47 Å². The van der Waals surface area contributed by atoms with Crippen molar-refractivity contribution in [2.75, 3.05) is 7.11 Å². The van der Waals surface area contributed by atoms with E-state index in [4.69, 9.17) is 21.1 Å². The quantitative estimate of drug-likeness (QED) is 0.799. The molecule has 0 radical (unpaired) electrons. The van der Waals surface area contributed by atoms with Crippen molar-refractivity contribution >= 4 is 11.6 Å². The highest BCUT2D eigenvalue weighted by Gasteiger charge is 2.04. The fraction of sp³-hybridized carbons (Fsp3) is 0.143. The van der Waals surface area contributed by atoms with Gasteiger partial charge in [-0.1, -0.05) is 23.7 Å². The van der Waals surface area contributed by atoms with Gasteiger partial charge in [-0.25, -0.2) is 0 Å². The van der Waals surface area contributed by atoms with Crippen LogP contribution in [0, 0.1) is 6.92 Å². The van der Waals surface area contributed by atoms with E-state index in [2.05, 4.69) is 0 Å². The van der Waals surface area contributed by atoms with Gasteiger partial charge in [-0.2, -0.15) is 0 Å². The van der Waals surface area contributed by atoms with Gasteiger partial charge in [-0.15, -0.1) is 0 Å². The Morgan fingerprint density at radius 3 is 2.47 bits per heavy atom. The second-order valence-corrected chi connectivity index (χ2v) is 4.05. The zero-order valence-corrected chi connectivity index (χ0v) is 10.5. The van der Waals surface area contributed by atoms with Gasteiger partial charge in [0.05, 0.1) is 7.11 Å². The van der Waals surface area contributed by atoms with Gasteiger partial charge >= 0.3 is 0 Å². The minimum atomic E-state index is 0.699. The largest absolute Gasteiger partial charge is 0.497 e. The summed E-state index contributed by atoms with van der Waals surface area (Å²) in [5.74, 6) is 2.25. The van der Waals surface area contributed by atoms with Crippen LogP contribution in [0.15, 0.2) is 42.5 Å². The average Bonchev–Trinajstić information content (AvgIpc) is 2.35. The summed E-state index contributed by atoms with van der Waals surface area (Å²) >= 11 is 6.03. The molecule has 0 atom stereocenters. The lowest BCUT2D eigenvalue weighted by atomic mass is 10.2. The summed E-state index contributed by atoms with van der Waals surface area (Å²) in [6.07, 6.45) is 0. The lowest BCUT2D eigenvalue weighted by Crippen LogP contribution is -1.89. The molecule has 17 heavy (non-hydrogen) atoms. The Bertz CT molecular complexity index is 523. The molecule has 2 aromatic carbocycles. The van der Waals surface area contributed by atoms with Gasteiger partial charge in [0, 0.05) is 16.7 Å². The topological polar surface area (TPSA) is 18.5 Å². The maximum atomic E-state index is 6.03. The van der Waals surface area contributed by atoms with Crippen LogP contribution >= 0.6 is 11.6 Å². The smallest absolute Gasteiger partial charge is 0.131 e. The summed E-state index contributed by atoms with van der Waals surface area (Å²) in [7, 11) is 1.63. The Labute approximate surface area is 106 Å². The Kier molecular flexibility index (Phi) is 3.55. The van der Waals surface area contributed by atoms with Crippen LogP contribution < -0.4 is 9.47 Å². The second kappa shape index (κ2) is 5.11. The summed E-state index contributed by atoms with van der Waals surface area (Å²) in [4.78, 5) is 0. The molecule has 2 rings (SSSR count). The van der Waals surface area contributed by atoms with E-state index in [-0.39, 0.29) is 0 Å². The number of hydrogen-bond donors (Lipinski definition) is 0. The summed E-state index contributed by atoms with van der Waals surface area (Å²) in [6.45, 7) is 1.93. The van der Waals surface area contributed by atoms with Crippen LogP contribution in [-0.4, -0.2) is 7.11 Å². The Balaban J connectivity index is 2.28. The first-order valence-corrected chi connectivity index (χ1v) is 5.65. The first-order chi connectivity index (χ1) is 8.20. The number of hydrogen-bond acceptors (Lipinski definition) is 2. The minimum Gasteiger partial charge on any atom is -0.497 e. The number of methoxy groups -OCH3 is 1. The van der Waals surface area contributed by atoms with Gasteiger partial charge in [-0.05, 0) is 31.2 Å². The standard InChI is InChI=1S/C14H13ClO2/c1-10-13(15)7-4-8-14(10)17-12-6-3-5-11(9-12)16-2/h3-9H,1-2H3. The number of ether oxygens (including phenoxy) is 2. The van der Waals surface area contributed by atoms with Crippen molar-refractivity contribution in [3.05, 3.63) is 53.1 Å². The van der Waals surface area contributed by atoms with Gasteiger partial charge in [0.2, 0.25) is 0 Å². The van der Waals surface area contributed by atoms with Crippen LogP contribution in [0.1, 0.15) is 5.56 Å². The van der Waals surface area contributed by atoms with Crippen molar-refractivity contribution in [2.24, 2.45) is 0 Å². The molecule has 2 nitrogen and oxygen atoms in total. The third-order valence-corrected chi connectivity index (χ3v) is 2.90. The monoisotopic (exact) mass is 248 g/mol. The molecule has 0 N–H and O–H groups in total. The molecule has 0 aromatic heterocycles. The van der Waals surface area contributed by atoms with Crippen LogP contribution in [0.5, 0.6) is 17.2 Å². The van der Waals surface area contributed by atoms with Gasteiger partial charge in [0.15, 0.2) is 0 Å². The van der Waals surface area contributed by atoms with E-state index in [1.54, 1.807) is 7.11 Å². The molecule has 88 valence electrons. The van der Waals surface area contributed by atoms with Crippen molar-refractivity contribution in [1.82, 2.24) is 0 Å². The summed E-state index contributed by atoms with van der Waals surface area (Å²) in [6, 6.07) is 13.1. The maximum Gasteiger partial charge on any atom is 0.131 e. The molecule has 0 saturated heterocycles. The number of benzene rings is 2. The van der Waals surface area contributed by atoms with E-state index in [9.17, 15) is 0 Å². The fourth-order valence-electron chi connectivity index (χ4n) is 1.49. The Morgan fingerprint density at radius 2 is 1.71 bits per heavy atom. The zero-order valence-electron chi connectivity index (χ0n) is 9.74. The molecule has 0 amide bonds. The van der Waals surface area contributed by atoms with Crippen molar-refractivity contribution in [3.63, 3.8) is 0 Å². The van der Waals surface area contributed by atoms with E-state index in [1.807, 2.05) is 49.4 Å². The molecule has 0 heterocycles. The van der Waals surface area contributed by atoms with Crippen LogP contribution in [0.4, 0.5) is 0 Å². The molecule has 0 bridgehead atoms. The Hall–Kier alpha value is -1.67. The highest BCUT2D eigenvalue weighted by Crippen LogP contribution is 2.30. The van der Waals surface area contributed by atoms with Crippen LogP contribution in [0.2, 0.25) is 5.02 Å². The van der Waals surface area contributed by atoms with Crippen molar-refractivity contribution in [3.8, 4) is 17.2 Å². The molecule has 0 aliphatic heterocycles. The molecule has 0 spiro atoms. The van der Waals surface area contributed by atoms with Crippen LogP contribution in [0.25, 0.3) is 0 Å². The lowest BCUT2D eigenvalue weighted by molar-refractivity contribution is 0.409. The van der Waals surface area contributed by atoms with Gasteiger partial charge in [0.1, 0.15) is 17.2 Å². The highest BCUT2D eigenvalue weighted by molar-refractivity contribution is 6.31. The van der Waals surface area contributed by atoms with Gasteiger partial charge in [0.25, 0.3) is 0 Å². The third kappa shape index (κ3) is 2.71. The fourth-order valence-corrected chi connectivity index (χ4v) is 1.66. The normalized spacial score (nSPS) is 10.1. The SMILES string of the molecule is COc1cccc(Oc2cccc(Cl)c2C)c1. The van der Waals surface area contributed by atoms with E-state index in [0.29, 0.717) is 5.02 Å². The van der Waals surface area contributed by atoms with E-state index < -0.39 is 0 Å². The van der Waals surface area contributed by atoms with E-state index >= 15 is 0 Å². The van der Waals surface area contributed by atoms with E-state index in [1.165, 1.54) is 0 Å². The molecule has 2 aromatic rings. The Morgan fingerprint density at radius 1 is 1.00 bits per heavy atom. The molecule has 0 aliphatic carbocycles. The lowest BCUT2D eigenvalue weighted by Gasteiger charge is -2.10. The maximum absolute atomic E-state index is 6.03. The number of rotatable bonds is 3. The van der Waals surface area contributed by atoms with Gasteiger partial charge < -0.3 is 9.47 Å². The molecular weight excluding hydrogens is 236 g/mol. The third-order valence-electron chi connectivity index (χ3n) is 2.49. The predicted octanol–water partition coefficient (Wildman–Crippen LogP) is 4.45. The number of halogens is 1. The summed E-state index contributed by atoms with van der Waals surface area (Å²) in [5.41, 5.74) is 0.928. The highest BCUT2D eigenvalue weighted by atomic mass is 35.5. The summed E-state index contributed by atoms with van der Waals surface area (Å²) in [5, 5.41) is 0.699. The molecule has 0 saturated carbocycles. The molecule has 0 unspecified atom stereocenters. The van der Waals surface area contributed by atoms with E-state index in [0.717, 1.165) is 22.8 Å². The molecule has 0 aliphatic rings. The molecule has 0 fully saturated rings. The summed E-state index contributed by atoms with van der Waals surface area (Å²) < 4.78 is 10.9. The van der Waals surface area contributed by atoms with Crippen LogP contribution in [0.3, 0.4) is 0 Å². The minimum absolute atomic E-state index is 0.699. The first kappa shape index (κ1) is 11.8. The molecule has 3 heteroatoms. The second-order valence-electron chi connectivity index (χ2n) is 3.64. The van der Waals surface area contributed by atoms with Crippen LogP contribution in [-0.2, 0) is 0 Å². The predicted molar refractivity (Wildman–Crippen MR) is 69.3 cm³/mol. The average molecular weight is 249 g/mol. The van der Waals surface area contributed by atoms with Crippen molar-refractivity contribution in [2.45, 2.75) is 6.92 Å². The first-order valence-electron chi connectivity index (χ1n) is 5.27. The van der Waals surface area contributed by atoms with Gasteiger partial charge in [-0.3, -0.25) is 0 Å². The molecular formula is C14H13ClO2.